The average Bonchev–Trinajstić information content (AvgIpc) is 3.00. The zero-order chi connectivity index (χ0) is 30.7. The van der Waals surface area contributed by atoms with Gasteiger partial charge < -0.3 is 9.80 Å². The molecule has 0 unspecified atom stereocenters. The lowest BCUT2D eigenvalue weighted by Gasteiger charge is -2.11. The molecular formula is C36H20N6. The van der Waals surface area contributed by atoms with Gasteiger partial charge in [0.15, 0.2) is 11.1 Å². The van der Waals surface area contributed by atoms with Crippen molar-refractivity contribution in [3.63, 3.8) is 0 Å². The van der Waals surface area contributed by atoms with Gasteiger partial charge in [0.2, 0.25) is 0 Å². The van der Waals surface area contributed by atoms with Crippen LogP contribution in [0.4, 0.5) is 11.4 Å². The molecule has 0 heterocycles. The molecule has 0 aliphatic carbocycles. The zero-order valence-corrected chi connectivity index (χ0v) is 23.3. The SMILES string of the molecule is CN(C)c1ccc(C#CC(C#CC#CC#CC#CC(C#Cc2ccc(N(C)C)cc2)=C(C#N)C#N)=C(C#N)C#N)cc1. The van der Waals surface area contributed by atoms with Crippen molar-refractivity contribution in [2.24, 2.45) is 0 Å². The van der Waals surface area contributed by atoms with Crippen LogP contribution in [0.15, 0.2) is 70.8 Å². The number of hydrogen-bond acceptors (Lipinski definition) is 6. The Kier molecular flexibility index (Phi) is 12.3. The zero-order valence-electron chi connectivity index (χ0n) is 23.3. The van der Waals surface area contributed by atoms with E-state index in [0.717, 1.165) is 11.4 Å². The summed E-state index contributed by atoms with van der Waals surface area (Å²) in [6.07, 6.45) is 0. The van der Waals surface area contributed by atoms with Crippen molar-refractivity contribution in [3.8, 4) is 95.3 Å². The molecule has 0 saturated heterocycles. The number of benzene rings is 2. The summed E-state index contributed by atoms with van der Waals surface area (Å²) in [7, 11) is 7.71. The molecule has 0 spiro atoms. The Morgan fingerprint density at radius 3 is 1.02 bits per heavy atom. The highest BCUT2D eigenvalue weighted by molar-refractivity contribution is 5.62. The molecule has 0 N–H and O–H groups in total. The summed E-state index contributed by atoms with van der Waals surface area (Å²) in [4.78, 5) is 3.91. The molecule has 6 heteroatoms. The number of anilines is 2. The average molecular weight is 537 g/mol. The van der Waals surface area contributed by atoms with Gasteiger partial charge in [0, 0.05) is 50.7 Å². The number of allylic oxidation sites excluding steroid dienone is 4. The molecule has 42 heavy (non-hydrogen) atoms. The van der Waals surface area contributed by atoms with Gasteiger partial charge in [0.25, 0.3) is 0 Å². The van der Waals surface area contributed by atoms with Crippen LogP contribution in [-0.4, -0.2) is 28.2 Å². The Labute approximate surface area is 247 Å². The van der Waals surface area contributed by atoms with Crippen LogP contribution in [0.5, 0.6) is 0 Å². The Balaban J connectivity index is 2.26. The monoisotopic (exact) mass is 536 g/mol. The van der Waals surface area contributed by atoms with Crippen molar-refractivity contribution >= 4 is 11.4 Å². The van der Waals surface area contributed by atoms with E-state index in [2.05, 4.69) is 71.0 Å². The minimum atomic E-state index is -0.224. The van der Waals surface area contributed by atoms with Crippen LogP contribution in [-0.2, 0) is 0 Å². The van der Waals surface area contributed by atoms with Gasteiger partial charge in [0.1, 0.15) is 35.4 Å². The van der Waals surface area contributed by atoms with Crippen LogP contribution in [0.3, 0.4) is 0 Å². The molecular weight excluding hydrogens is 516 g/mol. The van der Waals surface area contributed by atoms with Gasteiger partial charge in [-0.3, -0.25) is 0 Å². The molecule has 0 fully saturated rings. The van der Waals surface area contributed by atoms with Gasteiger partial charge in [-0.05, 0) is 95.9 Å². The fourth-order valence-electron chi connectivity index (χ4n) is 2.85. The van der Waals surface area contributed by atoms with Gasteiger partial charge in [-0.1, -0.05) is 23.7 Å². The molecule has 2 aromatic carbocycles. The summed E-state index contributed by atoms with van der Waals surface area (Å²) >= 11 is 0. The lowest BCUT2D eigenvalue weighted by molar-refractivity contribution is 1.13. The molecule has 6 nitrogen and oxygen atoms in total. The fourth-order valence-corrected chi connectivity index (χ4v) is 2.85. The molecule has 2 rings (SSSR count). The van der Waals surface area contributed by atoms with Gasteiger partial charge >= 0.3 is 0 Å². The van der Waals surface area contributed by atoms with E-state index in [1.165, 1.54) is 0 Å². The normalized spacial score (nSPS) is 7.71. The van der Waals surface area contributed by atoms with Crippen LogP contribution in [0, 0.1) is 116 Å². The lowest BCUT2D eigenvalue weighted by Crippen LogP contribution is -2.07. The highest BCUT2D eigenvalue weighted by Crippen LogP contribution is 2.13. The van der Waals surface area contributed by atoms with Gasteiger partial charge in [-0.15, -0.1) is 0 Å². The molecule has 0 radical (unpaired) electrons. The molecule has 0 bridgehead atoms. The Morgan fingerprint density at radius 1 is 0.429 bits per heavy atom. The minimum Gasteiger partial charge on any atom is -0.378 e. The van der Waals surface area contributed by atoms with Crippen molar-refractivity contribution in [1.82, 2.24) is 0 Å². The predicted octanol–water partition coefficient (Wildman–Crippen LogP) is 3.92. The maximum atomic E-state index is 9.24. The largest absolute Gasteiger partial charge is 0.378 e. The van der Waals surface area contributed by atoms with Crippen molar-refractivity contribution in [3.05, 3.63) is 82.0 Å². The fraction of sp³-hybridized carbons (Fsp3) is 0.111. The molecule has 0 aromatic heterocycles. The second-order valence-corrected chi connectivity index (χ2v) is 8.33. The van der Waals surface area contributed by atoms with E-state index in [1.54, 1.807) is 24.3 Å². The van der Waals surface area contributed by atoms with Crippen molar-refractivity contribution in [2.45, 2.75) is 0 Å². The standard InChI is InChI=1S/C36H20N6/c1-41(2)35-21-15-29(16-22-35)13-19-31(33(25-37)26-38)11-9-7-5-6-8-10-12-32(34(27-39)28-40)20-14-30-17-23-36(24-18-30)42(3)4/h15-18,21-24H,1-4H3. The minimum absolute atomic E-state index is 0.0454. The molecule has 0 aliphatic heterocycles. The number of rotatable bonds is 2. The van der Waals surface area contributed by atoms with Crippen LogP contribution >= 0.6 is 0 Å². The second-order valence-electron chi connectivity index (χ2n) is 8.33. The molecule has 0 atom stereocenters. The van der Waals surface area contributed by atoms with Gasteiger partial charge in [-0.2, -0.15) is 21.0 Å². The number of nitriles is 4. The third kappa shape index (κ3) is 9.95. The summed E-state index contributed by atoms with van der Waals surface area (Å²) < 4.78 is 0. The van der Waals surface area contributed by atoms with E-state index >= 15 is 0 Å². The third-order valence-electron chi connectivity index (χ3n) is 5.07. The summed E-state index contributed by atoms with van der Waals surface area (Å²) in [5.41, 5.74) is 3.05. The summed E-state index contributed by atoms with van der Waals surface area (Å²) in [5.74, 6) is 31.6. The van der Waals surface area contributed by atoms with Crippen LogP contribution < -0.4 is 9.80 Å². The molecule has 0 aliphatic rings. The Bertz CT molecular complexity index is 1790. The van der Waals surface area contributed by atoms with Gasteiger partial charge in [0.05, 0.1) is 0 Å². The first-order chi connectivity index (χ1) is 20.3. The smallest absolute Gasteiger partial charge is 0.153 e. The van der Waals surface area contributed by atoms with E-state index in [9.17, 15) is 21.0 Å². The first-order valence-corrected chi connectivity index (χ1v) is 12.0. The Hall–Kier alpha value is -7.16. The number of hydrogen-bond donors (Lipinski definition) is 0. The van der Waals surface area contributed by atoms with E-state index in [1.807, 2.05) is 86.5 Å². The Morgan fingerprint density at radius 2 is 0.738 bits per heavy atom. The highest BCUT2D eigenvalue weighted by Gasteiger charge is 2.01. The van der Waals surface area contributed by atoms with Crippen LogP contribution in [0.1, 0.15) is 11.1 Å². The first-order valence-electron chi connectivity index (χ1n) is 12.0. The van der Waals surface area contributed by atoms with Crippen molar-refractivity contribution in [1.29, 1.82) is 21.0 Å². The summed E-state index contributed by atoms with van der Waals surface area (Å²) in [6, 6.07) is 22.1. The predicted molar refractivity (Wildman–Crippen MR) is 163 cm³/mol. The molecule has 0 amide bonds. The summed E-state index contributed by atoms with van der Waals surface area (Å²) in [6.45, 7) is 0. The second kappa shape index (κ2) is 16.6. The maximum Gasteiger partial charge on any atom is 0.153 e. The molecule has 2 aromatic rings. The molecule has 0 saturated carbocycles. The topological polar surface area (TPSA) is 102 Å². The first kappa shape index (κ1) is 31.1. The number of nitrogens with zero attached hydrogens (tertiary/aromatic N) is 6. The maximum absolute atomic E-state index is 9.24. The van der Waals surface area contributed by atoms with E-state index < -0.39 is 0 Å². The lowest BCUT2D eigenvalue weighted by atomic mass is 10.1. The van der Waals surface area contributed by atoms with Crippen LogP contribution in [0.2, 0.25) is 0 Å². The van der Waals surface area contributed by atoms with Crippen molar-refractivity contribution < 1.29 is 0 Å². The molecule has 194 valence electrons. The third-order valence-corrected chi connectivity index (χ3v) is 5.07. The van der Waals surface area contributed by atoms with Gasteiger partial charge in [-0.25, -0.2) is 0 Å². The highest BCUT2D eigenvalue weighted by atomic mass is 15.1. The van der Waals surface area contributed by atoms with E-state index in [-0.39, 0.29) is 22.3 Å². The summed E-state index contributed by atoms with van der Waals surface area (Å²) in [5, 5.41) is 37.0. The van der Waals surface area contributed by atoms with E-state index in [4.69, 9.17) is 0 Å². The van der Waals surface area contributed by atoms with Crippen molar-refractivity contribution in [2.75, 3.05) is 38.0 Å². The van der Waals surface area contributed by atoms with Crippen LogP contribution in [0.25, 0.3) is 0 Å². The van der Waals surface area contributed by atoms with E-state index in [0.29, 0.717) is 11.1 Å². The quantitative estimate of drug-likeness (QED) is 0.426.